The fourth-order valence-corrected chi connectivity index (χ4v) is 2.86. The molecule has 22 heavy (non-hydrogen) atoms. The molecule has 2 bridgehead atoms. The van der Waals surface area contributed by atoms with E-state index in [1.54, 1.807) is 31.2 Å². The Kier molecular flexibility index (Phi) is 3.59. The lowest BCUT2D eigenvalue weighted by atomic mass is 10.1. The second-order valence-electron chi connectivity index (χ2n) is 4.81. The molecule has 0 saturated heterocycles. The fourth-order valence-electron chi connectivity index (χ4n) is 2.07. The van der Waals surface area contributed by atoms with Gasteiger partial charge in [-0.15, -0.1) is 0 Å². The summed E-state index contributed by atoms with van der Waals surface area (Å²) >= 11 is 0. The van der Waals surface area contributed by atoms with E-state index in [1.165, 1.54) is 18.2 Å². The largest absolute Gasteiger partial charge is 0.489 e. The van der Waals surface area contributed by atoms with Gasteiger partial charge in [0.2, 0.25) is 0 Å². The monoisotopic (exact) mass is 320 g/mol. The first-order valence-corrected chi connectivity index (χ1v) is 7.84. The van der Waals surface area contributed by atoms with Gasteiger partial charge in [-0.05, 0) is 40.6 Å². The number of rotatable bonds is 4. The average molecular weight is 320 g/mol. The normalized spacial score (nSPS) is 12.8. The predicted octanol–water partition coefficient (Wildman–Crippen LogP) is 2.36. The molecule has 1 aliphatic rings. The zero-order chi connectivity index (χ0) is 15.7. The molecule has 0 spiro atoms. The van der Waals surface area contributed by atoms with Crippen LogP contribution in [0.25, 0.3) is 0 Å². The van der Waals surface area contributed by atoms with Crippen LogP contribution in [0, 0.1) is 6.92 Å². The van der Waals surface area contributed by atoms with Crippen molar-refractivity contribution in [3.05, 3.63) is 59.2 Å². The Morgan fingerprint density at radius 2 is 1.95 bits per heavy atom. The highest BCUT2D eigenvalue weighted by atomic mass is 32.2. The van der Waals surface area contributed by atoms with Crippen molar-refractivity contribution in [1.82, 2.24) is 0 Å². The zero-order valence-electron chi connectivity index (χ0n) is 11.6. The molecule has 0 unspecified atom stereocenters. The predicted molar refractivity (Wildman–Crippen MR) is 75.6 cm³/mol. The van der Waals surface area contributed by atoms with E-state index in [4.69, 9.17) is 4.74 Å². The number of fused-ring (bicyclic) bond motifs is 2. The Morgan fingerprint density at radius 1 is 1.18 bits per heavy atom. The van der Waals surface area contributed by atoms with Crippen LogP contribution in [0.15, 0.2) is 47.4 Å². The Bertz CT molecular complexity index is 819. The summed E-state index contributed by atoms with van der Waals surface area (Å²) in [5.41, 5.74) is 1.61. The molecule has 2 aromatic carbocycles. The van der Waals surface area contributed by atoms with E-state index in [2.05, 4.69) is 9.22 Å². The van der Waals surface area contributed by atoms with Gasteiger partial charge in [-0.1, -0.05) is 18.2 Å². The van der Waals surface area contributed by atoms with Gasteiger partial charge in [-0.2, -0.15) is 8.42 Å². The third-order valence-electron chi connectivity index (χ3n) is 3.20. The Balaban J connectivity index is 1.75. The Morgan fingerprint density at radius 3 is 2.68 bits per heavy atom. The van der Waals surface area contributed by atoms with Crippen molar-refractivity contribution in [3.63, 3.8) is 0 Å². The lowest BCUT2D eigenvalue weighted by Gasteiger charge is -2.06. The van der Waals surface area contributed by atoms with E-state index in [9.17, 15) is 13.2 Å². The maximum absolute atomic E-state index is 12.0. The minimum atomic E-state index is -4.20. The van der Waals surface area contributed by atoms with Gasteiger partial charge >= 0.3 is 16.1 Å². The standard InChI is InChI=1S/C15H12O6S/c1-10-4-2-3-5-14(10)15(16)20-21-22(17,18)13-7-11-6-12(8-13)19-9-11/h2-8H,9H2,1H3. The Hall–Kier alpha value is -2.38. The smallest absolute Gasteiger partial charge is 0.374 e. The number of carbonyl (C=O) groups is 1. The van der Waals surface area contributed by atoms with Crippen LogP contribution >= 0.6 is 0 Å². The minimum Gasteiger partial charge on any atom is -0.489 e. The highest BCUT2D eigenvalue weighted by Crippen LogP contribution is 2.28. The summed E-state index contributed by atoms with van der Waals surface area (Å²) in [5, 5.41) is 0. The highest BCUT2D eigenvalue weighted by molar-refractivity contribution is 7.86. The number of aryl methyl sites for hydroxylation is 1. The van der Waals surface area contributed by atoms with E-state index in [0.717, 1.165) is 0 Å². The van der Waals surface area contributed by atoms with E-state index < -0.39 is 16.1 Å². The molecule has 0 saturated carbocycles. The molecule has 0 N–H and O–H groups in total. The summed E-state index contributed by atoms with van der Waals surface area (Å²) in [6.07, 6.45) is 0. The van der Waals surface area contributed by atoms with E-state index in [1.807, 2.05) is 0 Å². The van der Waals surface area contributed by atoms with E-state index >= 15 is 0 Å². The van der Waals surface area contributed by atoms with Crippen molar-refractivity contribution in [2.24, 2.45) is 0 Å². The molecular weight excluding hydrogens is 308 g/mol. The van der Waals surface area contributed by atoms with E-state index in [-0.39, 0.29) is 10.5 Å². The number of ether oxygens (including phenoxy) is 1. The van der Waals surface area contributed by atoms with Crippen molar-refractivity contribution < 1.29 is 27.2 Å². The zero-order valence-corrected chi connectivity index (χ0v) is 12.4. The lowest BCUT2D eigenvalue weighted by Crippen LogP contribution is -2.13. The van der Waals surface area contributed by atoms with Crippen molar-refractivity contribution in [2.75, 3.05) is 0 Å². The number of hydrogen-bond acceptors (Lipinski definition) is 6. The first kappa shape index (κ1) is 14.6. The highest BCUT2D eigenvalue weighted by Gasteiger charge is 2.24. The van der Waals surface area contributed by atoms with Crippen LogP contribution < -0.4 is 4.74 Å². The van der Waals surface area contributed by atoms with Crippen LogP contribution in [0.1, 0.15) is 21.5 Å². The fraction of sp³-hybridized carbons (Fsp3) is 0.133. The molecule has 0 atom stereocenters. The van der Waals surface area contributed by atoms with Gasteiger partial charge in [0.25, 0.3) is 0 Å². The molecule has 2 aromatic rings. The molecule has 0 fully saturated rings. The summed E-state index contributed by atoms with van der Waals surface area (Å²) < 4.78 is 33.7. The molecule has 7 heteroatoms. The van der Waals surface area contributed by atoms with Gasteiger partial charge < -0.3 is 4.74 Å². The third kappa shape index (κ3) is 2.81. The molecule has 6 nitrogen and oxygen atoms in total. The van der Waals surface area contributed by atoms with Crippen LogP contribution in [0.5, 0.6) is 5.75 Å². The third-order valence-corrected chi connectivity index (χ3v) is 4.26. The summed E-state index contributed by atoms with van der Waals surface area (Å²) in [5.74, 6) is -0.436. The maximum Gasteiger partial charge on any atom is 0.374 e. The molecule has 0 aliphatic carbocycles. The average Bonchev–Trinajstić information content (AvgIpc) is 2.83. The van der Waals surface area contributed by atoms with Crippen LogP contribution in [-0.2, 0) is 25.9 Å². The number of carbonyl (C=O) groups excluding carboxylic acids is 1. The first-order valence-electron chi connectivity index (χ1n) is 6.43. The molecule has 0 radical (unpaired) electrons. The van der Waals surface area contributed by atoms with Crippen LogP contribution in [0.3, 0.4) is 0 Å². The SMILES string of the molecule is Cc1ccccc1C(=O)OOS(=O)(=O)c1cc2cc(c1)OC2. The first-order chi connectivity index (χ1) is 10.5. The molecule has 0 aromatic heterocycles. The summed E-state index contributed by atoms with van der Waals surface area (Å²) in [4.78, 5) is 16.2. The summed E-state index contributed by atoms with van der Waals surface area (Å²) in [7, 11) is -4.20. The molecule has 114 valence electrons. The van der Waals surface area contributed by atoms with Crippen molar-refractivity contribution in [2.45, 2.75) is 18.4 Å². The van der Waals surface area contributed by atoms with Crippen LogP contribution in [0.4, 0.5) is 0 Å². The van der Waals surface area contributed by atoms with Gasteiger partial charge in [-0.3, -0.25) is 4.89 Å². The quantitative estimate of drug-likeness (QED) is 0.635. The Labute approximate surface area is 127 Å². The summed E-state index contributed by atoms with van der Waals surface area (Å²) in [6.45, 7) is 2.02. The van der Waals surface area contributed by atoms with Crippen LogP contribution in [-0.4, -0.2) is 14.4 Å². The van der Waals surface area contributed by atoms with Gasteiger partial charge in [0.1, 0.15) is 17.3 Å². The summed E-state index contributed by atoms with van der Waals surface area (Å²) in [6, 6.07) is 11.1. The van der Waals surface area contributed by atoms with Crippen molar-refractivity contribution >= 4 is 16.1 Å². The minimum absolute atomic E-state index is 0.116. The van der Waals surface area contributed by atoms with Gasteiger partial charge in [0, 0.05) is 6.07 Å². The van der Waals surface area contributed by atoms with Crippen molar-refractivity contribution in [3.8, 4) is 5.75 Å². The van der Waals surface area contributed by atoms with E-state index in [0.29, 0.717) is 23.5 Å². The maximum atomic E-state index is 12.0. The van der Waals surface area contributed by atoms with Gasteiger partial charge in [0.15, 0.2) is 0 Å². The van der Waals surface area contributed by atoms with Crippen LogP contribution in [0.2, 0.25) is 0 Å². The molecular formula is C15H12O6S. The second-order valence-corrected chi connectivity index (χ2v) is 6.32. The molecule has 3 rings (SSSR count). The van der Waals surface area contributed by atoms with Gasteiger partial charge in [0.05, 0.1) is 5.56 Å². The molecule has 0 amide bonds. The van der Waals surface area contributed by atoms with Crippen molar-refractivity contribution in [1.29, 1.82) is 0 Å². The van der Waals surface area contributed by atoms with Gasteiger partial charge in [-0.25, -0.2) is 4.79 Å². The lowest BCUT2D eigenvalue weighted by molar-refractivity contribution is -0.144. The number of benzene rings is 2. The second kappa shape index (κ2) is 5.43. The molecule has 1 aliphatic heterocycles. The number of hydrogen-bond donors (Lipinski definition) is 0. The topological polar surface area (TPSA) is 78.9 Å². The molecule has 1 heterocycles.